The van der Waals surface area contributed by atoms with E-state index in [9.17, 15) is 9.59 Å². The van der Waals surface area contributed by atoms with Crippen molar-refractivity contribution < 1.29 is 9.59 Å². The monoisotopic (exact) mass is 381 g/mol. The predicted octanol–water partition coefficient (Wildman–Crippen LogP) is 3.09. The Balaban J connectivity index is 1.54. The molecule has 2 aromatic rings. The van der Waals surface area contributed by atoms with Crippen molar-refractivity contribution in [2.75, 3.05) is 36.8 Å². The van der Waals surface area contributed by atoms with Crippen molar-refractivity contribution in [1.29, 1.82) is 0 Å². The molecular weight excluding hydrogens is 354 g/mol. The van der Waals surface area contributed by atoms with Gasteiger partial charge in [-0.2, -0.15) is 0 Å². The Labute approximate surface area is 165 Å². The second kappa shape index (κ2) is 9.32. The van der Waals surface area contributed by atoms with Crippen LogP contribution in [0.4, 0.5) is 16.2 Å². The van der Waals surface area contributed by atoms with Crippen molar-refractivity contribution in [1.82, 2.24) is 14.8 Å². The molecule has 1 saturated heterocycles. The molecule has 7 nitrogen and oxygen atoms in total. The fourth-order valence-electron chi connectivity index (χ4n) is 3.14. The van der Waals surface area contributed by atoms with Crippen molar-refractivity contribution >= 4 is 23.3 Å². The number of nitrogens with zero attached hydrogens (tertiary/aromatic N) is 3. The molecule has 28 heavy (non-hydrogen) atoms. The highest BCUT2D eigenvalue weighted by atomic mass is 16.2. The van der Waals surface area contributed by atoms with Gasteiger partial charge in [-0.05, 0) is 36.2 Å². The molecule has 0 spiro atoms. The van der Waals surface area contributed by atoms with Crippen molar-refractivity contribution in [3.05, 3.63) is 53.9 Å². The summed E-state index contributed by atoms with van der Waals surface area (Å²) >= 11 is 0. The first-order chi connectivity index (χ1) is 13.5. The van der Waals surface area contributed by atoms with E-state index in [1.54, 1.807) is 19.2 Å². The lowest BCUT2D eigenvalue weighted by Crippen LogP contribution is -2.49. The summed E-state index contributed by atoms with van der Waals surface area (Å²) in [7, 11) is 0. The van der Waals surface area contributed by atoms with Crippen LogP contribution in [0, 0.1) is 6.92 Å². The summed E-state index contributed by atoms with van der Waals surface area (Å²) in [6.07, 6.45) is 4.07. The van der Waals surface area contributed by atoms with E-state index in [-0.39, 0.29) is 11.9 Å². The lowest BCUT2D eigenvalue weighted by molar-refractivity contribution is -0.115. The standard InChI is InChI=1S/C21H27N5O2/c1-3-20(27)23-18-7-6-16(2)19(13-18)24-21(28)26-11-9-25(10-12-26)15-17-5-4-8-22-14-17/h4-8,13-14H,3,9-12,15H2,1-2H3,(H,23,27)(H,24,28). The number of urea groups is 1. The first-order valence-electron chi connectivity index (χ1n) is 9.63. The van der Waals surface area contributed by atoms with Crippen LogP contribution in [-0.2, 0) is 11.3 Å². The molecule has 2 heterocycles. The largest absolute Gasteiger partial charge is 0.326 e. The summed E-state index contributed by atoms with van der Waals surface area (Å²) in [5, 5.41) is 5.81. The number of aryl methyl sites for hydroxylation is 1. The van der Waals surface area contributed by atoms with Crippen LogP contribution in [0.5, 0.6) is 0 Å². The predicted molar refractivity (Wildman–Crippen MR) is 110 cm³/mol. The van der Waals surface area contributed by atoms with E-state index in [4.69, 9.17) is 0 Å². The Hall–Kier alpha value is -2.93. The van der Waals surface area contributed by atoms with Crippen LogP contribution in [-0.4, -0.2) is 52.9 Å². The summed E-state index contributed by atoms with van der Waals surface area (Å²) in [4.78, 5) is 32.6. The number of anilines is 2. The van der Waals surface area contributed by atoms with Gasteiger partial charge in [0.25, 0.3) is 0 Å². The van der Waals surface area contributed by atoms with E-state index in [0.29, 0.717) is 25.2 Å². The Morgan fingerprint density at radius 2 is 1.89 bits per heavy atom. The molecule has 1 aliphatic rings. The number of aromatic nitrogens is 1. The maximum atomic E-state index is 12.7. The van der Waals surface area contributed by atoms with E-state index >= 15 is 0 Å². The number of hydrogen-bond donors (Lipinski definition) is 2. The highest BCUT2D eigenvalue weighted by Crippen LogP contribution is 2.21. The molecule has 3 amide bonds. The summed E-state index contributed by atoms with van der Waals surface area (Å²) < 4.78 is 0. The Kier molecular flexibility index (Phi) is 6.60. The maximum Gasteiger partial charge on any atom is 0.321 e. The molecule has 2 N–H and O–H groups in total. The number of rotatable bonds is 5. The summed E-state index contributed by atoms with van der Waals surface area (Å²) in [5.41, 5.74) is 3.55. The molecule has 0 atom stereocenters. The zero-order chi connectivity index (χ0) is 19.9. The summed E-state index contributed by atoms with van der Waals surface area (Å²) in [6.45, 7) is 7.60. The average molecular weight is 381 g/mol. The van der Waals surface area contributed by atoms with Crippen LogP contribution >= 0.6 is 0 Å². The average Bonchev–Trinajstić information content (AvgIpc) is 2.71. The number of hydrogen-bond acceptors (Lipinski definition) is 4. The third-order valence-electron chi connectivity index (χ3n) is 4.87. The van der Waals surface area contributed by atoms with E-state index in [0.717, 1.165) is 30.9 Å². The van der Waals surface area contributed by atoms with Crippen LogP contribution in [0.1, 0.15) is 24.5 Å². The molecule has 0 saturated carbocycles. The van der Waals surface area contributed by atoms with Crippen LogP contribution in [0.3, 0.4) is 0 Å². The SMILES string of the molecule is CCC(=O)Nc1ccc(C)c(NC(=O)N2CCN(Cc3cccnc3)CC2)c1. The van der Waals surface area contributed by atoms with Crippen LogP contribution in [0.15, 0.2) is 42.7 Å². The number of piperazine rings is 1. The first kappa shape index (κ1) is 19.8. The third-order valence-corrected chi connectivity index (χ3v) is 4.87. The molecule has 7 heteroatoms. The first-order valence-corrected chi connectivity index (χ1v) is 9.63. The molecule has 3 rings (SSSR count). The van der Waals surface area contributed by atoms with Gasteiger partial charge in [0.2, 0.25) is 5.91 Å². The minimum Gasteiger partial charge on any atom is -0.326 e. The van der Waals surface area contributed by atoms with Crippen molar-refractivity contribution in [3.8, 4) is 0 Å². The minimum atomic E-state index is -0.108. The van der Waals surface area contributed by atoms with Gasteiger partial charge in [0.15, 0.2) is 0 Å². The van der Waals surface area contributed by atoms with Crippen LogP contribution in [0.2, 0.25) is 0 Å². The van der Waals surface area contributed by atoms with Crippen molar-refractivity contribution in [2.45, 2.75) is 26.8 Å². The summed E-state index contributed by atoms with van der Waals surface area (Å²) in [5.74, 6) is -0.0501. The van der Waals surface area contributed by atoms with Gasteiger partial charge >= 0.3 is 6.03 Å². The number of benzene rings is 1. The van der Waals surface area contributed by atoms with E-state index in [1.807, 2.05) is 36.2 Å². The molecular formula is C21H27N5O2. The number of carbonyl (C=O) groups excluding carboxylic acids is 2. The summed E-state index contributed by atoms with van der Waals surface area (Å²) in [6, 6.07) is 9.45. The fraction of sp³-hybridized carbons (Fsp3) is 0.381. The van der Waals surface area contributed by atoms with Crippen LogP contribution in [0.25, 0.3) is 0 Å². The molecule has 0 unspecified atom stereocenters. The van der Waals surface area contributed by atoms with Gasteiger partial charge in [0, 0.05) is 62.9 Å². The number of amides is 3. The van der Waals surface area contributed by atoms with E-state index < -0.39 is 0 Å². The second-order valence-corrected chi connectivity index (χ2v) is 6.99. The molecule has 0 bridgehead atoms. The molecule has 1 fully saturated rings. The van der Waals surface area contributed by atoms with E-state index in [2.05, 4.69) is 26.6 Å². The molecule has 0 aliphatic carbocycles. The van der Waals surface area contributed by atoms with Gasteiger partial charge in [-0.1, -0.05) is 19.1 Å². The van der Waals surface area contributed by atoms with Crippen molar-refractivity contribution in [2.24, 2.45) is 0 Å². The maximum absolute atomic E-state index is 12.7. The topological polar surface area (TPSA) is 77.6 Å². The zero-order valence-electron chi connectivity index (χ0n) is 16.4. The number of nitrogens with one attached hydrogen (secondary N) is 2. The smallest absolute Gasteiger partial charge is 0.321 e. The zero-order valence-corrected chi connectivity index (χ0v) is 16.4. The lowest BCUT2D eigenvalue weighted by Gasteiger charge is -2.34. The van der Waals surface area contributed by atoms with Gasteiger partial charge in [-0.3, -0.25) is 14.7 Å². The Bertz CT molecular complexity index is 817. The molecule has 0 radical (unpaired) electrons. The van der Waals surface area contributed by atoms with Gasteiger partial charge in [-0.25, -0.2) is 4.79 Å². The highest BCUT2D eigenvalue weighted by molar-refractivity contribution is 5.94. The highest BCUT2D eigenvalue weighted by Gasteiger charge is 2.21. The second-order valence-electron chi connectivity index (χ2n) is 6.99. The van der Waals surface area contributed by atoms with Gasteiger partial charge in [0.05, 0.1) is 0 Å². The number of carbonyl (C=O) groups is 2. The molecule has 148 valence electrons. The molecule has 1 aliphatic heterocycles. The molecule has 1 aromatic carbocycles. The Morgan fingerprint density at radius 3 is 2.57 bits per heavy atom. The van der Waals surface area contributed by atoms with Gasteiger partial charge in [-0.15, -0.1) is 0 Å². The third kappa shape index (κ3) is 5.29. The van der Waals surface area contributed by atoms with Gasteiger partial charge in [0.1, 0.15) is 0 Å². The quantitative estimate of drug-likeness (QED) is 0.834. The van der Waals surface area contributed by atoms with Crippen LogP contribution < -0.4 is 10.6 Å². The normalized spacial score (nSPS) is 14.6. The van der Waals surface area contributed by atoms with Crippen molar-refractivity contribution in [3.63, 3.8) is 0 Å². The fourth-order valence-corrected chi connectivity index (χ4v) is 3.14. The minimum absolute atomic E-state index is 0.0501. The van der Waals surface area contributed by atoms with E-state index in [1.165, 1.54) is 5.56 Å². The lowest BCUT2D eigenvalue weighted by atomic mass is 10.1. The van der Waals surface area contributed by atoms with Gasteiger partial charge < -0.3 is 15.5 Å². The molecule has 1 aromatic heterocycles. The Morgan fingerprint density at radius 1 is 1.11 bits per heavy atom. The number of pyridine rings is 1.